The first kappa shape index (κ1) is 22.0. The van der Waals surface area contributed by atoms with Crippen LogP contribution in [0, 0.1) is 34.0 Å². The Hall–Kier alpha value is -1.26. The maximum absolute atomic E-state index is 11.7. The number of phenolic OH excluding ortho intramolecular Hbond substituents is 1. The van der Waals surface area contributed by atoms with Gasteiger partial charge in [0.25, 0.3) is 0 Å². The molecular weight excluding hydrogens is 424 g/mol. The van der Waals surface area contributed by atoms with Crippen molar-refractivity contribution in [2.45, 2.75) is 109 Å². The minimum Gasteiger partial charge on any atom is -0.504 e. The molecule has 0 saturated heterocycles. The maximum atomic E-state index is 11.7. The van der Waals surface area contributed by atoms with E-state index in [9.17, 15) is 10.2 Å². The summed E-state index contributed by atoms with van der Waals surface area (Å²) in [5.74, 6) is 3.52. The third kappa shape index (κ3) is 2.26. The molecule has 6 aliphatic rings. The smallest absolute Gasteiger partial charge is 0.165 e. The van der Waals surface area contributed by atoms with Crippen LogP contribution in [0.25, 0.3) is 0 Å². The zero-order chi connectivity index (χ0) is 24.1. The molecule has 8 atom stereocenters. The second kappa shape index (κ2) is 5.99. The van der Waals surface area contributed by atoms with Crippen molar-refractivity contribution in [1.82, 2.24) is 0 Å². The van der Waals surface area contributed by atoms with Crippen molar-refractivity contribution in [3.8, 4) is 11.5 Å². The number of rotatable bonds is 5. The highest BCUT2D eigenvalue weighted by Crippen LogP contribution is 2.89. The van der Waals surface area contributed by atoms with E-state index >= 15 is 0 Å². The summed E-state index contributed by atoms with van der Waals surface area (Å²) in [6.07, 6.45) is 8.93. The number of aliphatic hydroxyl groups is 1. The molecular formula is C30H42O4. The molecule has 1 heterocycles. The summed E-state index contributed by atoms with van der Waals surface area (Å²) in [4.78, 5) is 0. The average Bonchev–Trinajstić information content (AvgIpc) is 3.62. The number of fused-ring (bicyclic) bond motifs is 1. The van der Waals surface area contributed by atoms with Gasteiger partial charge in [-0.2, -0.15) is 0 Å². The Balaban J connectivity index is 1.40. The molecule has 4 heteroatoms. The Morgan fingerprint density at radius 2 is 1.88 bits per heavy atom. The van der Waals surface area contributed by atoms with Gasteiger partial charge in [0.2, 0.25) is 0 Å². The summed E-state index contributed by atoms with van der Waals surface area (Å²) in [5.41, 5.74) is 1.33. The van der Waals surface area contributed by atoms with Crippen molar-refractivity contribution < 1.29 is 19.7 Å². The molecule has 4 nitrogen and oxygen atoms in total. The predicted octanol–water partition coefficient (Wildman–Crippen LogP) is 5.76. The highest BCUT2D eigenvalue weighted by molar-refractivity contribution is 5.64. The minimum absolute atomic E-state index is 0.137. The summed E-state index contributed by atoms with van der Waals surface area (Å²) in [7, 11) is 1.81. The second-order valence-electron chi connectivity index (χ2n) is 14.7. The normalized spacial score (nSPS) is 47.0. The fourth-order valence-electron chi connectivity index (χ4n) is 9.97. The zero-order valence-corrected chi connectivity index (χ0v) is 21.8. The van der Waals surface area contributed by atoms with E-state index in [4.69, 9.17) is 9.47 Å². The standard InChI is InChI=1S/C30H42O4/c1-25(2,3)27(5,32)15-29(33-6)12-11-26(4)23-19(13-17-7-8-17)28(23)14-18-9-10-20(31)22-21(18)30(26,16-28)24(29)34-22/h9-10,17,19,23-24,31-32H,7-8,11-16H2,1-6H3/t19-,23-,24-,26+,27?,28?,29-,30-/m0/s1. The second-order valence-corrected chi connectivity index (χ2v) is 14.7. The summed E-state index contributed by atoms with van der Waals surface area (Å²) >= 11 is 0. The molecule has 1 aromatic carbocycles. The Labute approximate surface area is 204 Å². The quantitative estimate of drug-likeness (QED) is 0.580. The Bertz CT molecular complexity index is 1080. The number of aromatic hydroxyl groups is 1. The van der Waals surface area contributed by atoms with E-state index in [0.717, 1.165) is 43.4 Å². The van der Waals surface area contributed by atoms with Crippen LogP contribution < -0.4 is 4.74 Å². The van der Waals surface area contributed by atoms with Gasteiger partial charge < -0.3 is 19.7 Å². The Kier molecular flexibility index (Phi) is 3.87. The summed E-state index contributed by atoms with van der Waals surface area (Å²) in [5, 5.41) is 22.6. The number of hydrogen-bond acceptors (Lipinski definition) is 4. The molecule has 4 saturated carbocycles. The molecule has 2 bridgehead atoms. The van der Waals surface area contributed by atoms with E-state index in [2.05, 4.69) is 33.8 Å². The van der Waals surface area contributed by atoms with Gasteiger partial charge in [0.1, 0.15) is 11.7 Å². The highest BCUT2D eigenvalue weighted by Gasteiger charge is 2.88. The van der Waals surface area contributed by atoms with Gasteiger partial charge in [-0.05, 0) is 84.7 Å². The van der Waals surface area contributed by atoms with Crippen LogP contribution in [0.5, 0.6) is 11.5 Å². The lowest BCUT2D eigenvalue weighted by Crippen LogP contribution is -2.67. The fraction of sp³-hybridized carbons (Fsp3) is 0.800. The monoisotopic (exact) mass is 466 g/mol. The van der Waals surface area contributed by atoms with E-state index < -0.39 is 11.2 Å². The first-order chi connectivity index (χ1) is 15.9. The lowest BCUT2D eigenvalue weighted by Gasteiger charge is -2.60. The lowest BCUT2D eigenvalue weighted by molar-refractivity contribution is -0.207. The molecule has 0 amide bonds. The van der Waals surface area contributed by atoms with Crippen LogP contribution in [-0.4, -0.2) is 34.6 Å². The topological polar surface area (TPSA) is 58.9 Å². The molecule has 2 unspecified atom stereocenters. The number of phenols is 1. The zero-order valence-electron chi connectivity index (χ0n) is 21.8. The fourth-order valence-corrected chi connectivity index (χ4v) is 9.97. The Morgan fingerprint density at radius 3 is 2.53 bits per heavy atom. The van der Waals surface area contributed by atoms with E-state index in [1.54, 1.807) is 0 Å². The molecule has 186 valence electrons. The van der Waals surface area contributed by atoms with Crippen molar-refractivity contribution >= 4 is 0 Å². The molecule has 2 spiro atoms. The van der Waals surface area contributed by atoms with Crippen LogP contribution in [0.1, 0.15) is 90.7 Å². The van der Waals surface area contributed by atoms with E-state index in [1.165, 1.54) is 30.4 Å². The van der Waals surface area contributed by atoms with Crippen molar-refractivity contribution in [3.63, 3.8) is 0 Å². The van der Waals surface area contributed by atoms with Crippen LogP contribution in [0.3, 0.4) is 0 Å². The third-order valence-corrected chi connectivity index (χ3v) is 12.3. The van der Waals surface area contributed by atoms with Gasteiger partial charge in [-0.25, -0.2) is 0 Å². The number of benzene rings is 1. The van der Waals surface area contributed by atoms with Crippen LogP contribution in [-0.2, 0) is 16.6 Å². The summed E-state index contributed by atoms with van der Waals surface area (Å²) in [6, 6.07) is 4.04. The average molecular weight is 467 g/mol. The van der Waals surface area contributed by atoms with Crippen LogP contribution in [0.2, 0.25) is 0 Å². The van der Waals surface area contributed by atoms with Crippen LogP contribution in [0.4, 0.5) is 0 Å². The van der Waals surface area contributed by atoms with Gasteiger partial charge in [0, 0.05) is 24.5 Å². The number of hydrogen-bond donors (Lipinski definition) is 2. The number of methoxy groups -OCH3 is 1. The molecule has 5 aliphatic carbocycles. The van der Waals surface area contributed by atoms with Gasteiger partial charge in [-0.1, -0.05) is 46.6 Å². The SMILES string of the molecule is CO[C@]1(CC(C)(O)C(C)(C)C)CC[C@]2(C)[C@@H]3[C@H](CC4CC4)C34Cc3ccc(O)c5c3[C@@]2(C4)[C@H]1O5. The molecule has 2 N–H and O–H groups in total. The minimum atomic E-state index is -0.904. The van der Waals surface area contributed by atoms with Crippen LogP contribution in [0.15, 0.2) is 12.1 Å². The molecule has 1 aliphatic heterocycles. The Morgan fingerprint density at radius 1 is 1.15 bits per heavy atom. The summed E-state index contributed by atoms with van der Waals surface area (Å²) in [6.45, 7) is 10.8. The van der Waals surface area contributed by atoms with Crippen molar-refractivity contribution in [2.24, 2.45) is 34.0 Å². The van der Waals surface area contributed by atoms with E-state index in [0.29, 0.717) is 17.6 Å². The first-order valence-corrected chi connectivity index (χ1v) is 13.6. The van der Waals surface area contributed by atoms with Gasteiger partial charge in [0.15, 0.2) is 11.5 Å². The van der Waals surface area contributed by atoms with E-state index in [1.807, 2.05) is 20.1 Å². The molecule has 0 radical (unpaired) electrons. The molecule has 1 aromatic rings. The number of ether oxygens (including phenoxy) is 2. The first-order valence-electron chi connectivity index (χ1n) is 13.6. The van der Waals surface area contributed by atoms with E-state index in [-0.39, 0.29) is 28.1 Å². The van der Waals surface area contributed by atoms with Crippen molar-refractivity contribution in [2.75, 3.05) is 7.11 Å². The molecule has 7 rings (SSSR count). The van der Waals surface area contributed by atoms with Crippen molar-refractivity contribution in [3.05, 3.63) is 23.3 Å². The predicted molar refractivity (Wildman–Crippen MR) is 131 cm³/mol. The van der Waals surface area contributed by atoms with Crippen molar-refractivity contribution in [1.29, 1.82) is 0 Å². The summed E-state index contributed by atoms with van der Waals surface area (Å²) < 4.78 is 13.4. The largest absolute Gasteiger partial charge is 0.504 e. The van der Waals surface area contributed by atoms with Gasteiger partial charge in [0.05, 0.1) is 5.60 Å². The highest BCUT2D eigenvalue weighted by atomic mass is 16.6. The van der Waals surface area contributed by atoms with Crippen LogP contribution >= 0.6 is 0 Å². The lowest BCUT2D eigenvalue weighted by atomic mass is 9.46. The molecule has 4 fully saturated rings. The molecule has 34 heavy (non-hydrogen) atoms. The van der Waals surface area contributed by atoms with Gasteiger partial charge >= 0.3 is 0 Å². The van der Waals surface area contributed by atoms with Gasteiger partial charge in [-0.3, -0.25) is 0 Å². The van der Waals surface area contributed by atoms with Gasteiger partial charge in [-0.15, -0.1) is 0 Å². The third-order valence-electron chi connectivity index (χ3n) is 12.3. The molecule has 0 aromatic heterocycles. The maximum Gasteiger partial charge on any atom is 0.165 e.